The molecule has 2 aliphatic rings. The fourth-order valence-corrected chi connectivity index (χ4v) is 7.77. The summed E-state index contributed by atoms with van der Waals surface area (Å²) >= 11 is 0. The number of rotatable bonds is 34. The van der Waals surface area contributed by atoms with E-state index in [1.54, 1.807) is 0 Å². The normalized spacial score (nSPS) is 16.4. The third-order valence-electron chi connectivity index (χ3n) is 10.6. The Hall–Kier alpha value is -0.160. The van der Waals surface area contributed by atoms with Crippen LogP contribution in [0.3, 0.4) is 0 Å². The van der Waals surface area contributed by atoms with Gasteiger partial charge < -0.3 is 19.3 Å². The van der Waals surface area contributed by atoms with Crippen LogP contribution in [0.25, 0.3) is 0 Å². The summed E-state index contributed by atoms with van der Waals surface area (Å²) in [6, 6.07) is 0. The second kappa shape index (κ2) is 29.9. The molecule has 2 rings (SSSR count). The van der Waals surface area contributed by atoms with E-state index in [1.165, 1.54) is 206 Å². The van der Waals surface area contributed by atoms with Crippen LogP contribution in [0.5, 0.6) is 0 Å². The van der Waals surface area contributed by atoms with Crippen LogP contribution < -0.4 is 0 Å². The van der Waals surface area contributed by atoms with Crippen LogP contribution in [-0.2, 0) is 9.47 Å². The van der Waals surface area contributed by atoms with Crippen molar-refractivity contribution in [1.29, 1.82) is 0 Å². The summed E-state index contributed by atoms with van der Waals surface area (Å²) < 4.78 is 13.1. The molecule has 0 aromatic heterocycles. The fourth-order valence-electron chi connectivity index (χ4n) is 7.77. The maximum Gasteiger partial charge on any atom is 0.0569 e. The Morgan fingerprint density at radius 2 is 0.644 bits per heavy atom. The summed E-state index contributed by atoms with van der Waals surface area (Å²) in [6.45, 7) is 15.6. The maximum atomic E-state index is 6.55. The molecule has 45 heavy (non-hydrogen) atoms. The Bertz CT molecular complexity index is 550. The summed E-state index contributed by atoms with van der Waals surface area (Å²) in [6.07, 6.45) is 39.0. The molecule has 0 aromatic carbocycles. The minimum atomic E-state index is 0.114. The van der Waals surface area contributed by atoms with Gasteiger partial charge in [0, 0.05) is 31.7 Å². The maximum absolute atomic E-state index is 6.55. The van der Waals surface area contributed by atoms with Crippen molar-refractivity contribution < 1.29 is 9.47 Å². The molecule has 2 fully saturated rings. The molecule has 0 spiro atoms. The van der Waals surface area contributed by atoms with Crippen LogP contribution in [0.1, 0.15) is 194 Å². The van der Waals surface area contributed by atoms with Gasteiger partial charge in [-0.15, -0.1) is 0 Å². The molecule has 4 nitrogen and oxygen atoms in total. The van der Waals surface area contributed by atoms with Gasteiger partial charge in [0.05, 0.1) is 13.2 Å². The van der Waals surface area contributed by atoms with E-state index in [9.17, 15) is 0 Å². The van der Waals surface area contributed by atoms with E-state index in [0.717, 1.165) is 39.5 Å². The molecule has 0 amide bonds. The average Bonchev–Trinajstić information content (AvgIpc) is 3.76. The number of nitrogens with zero attached hydrogens (tertiary/aromatic N) is 2. The van der Waals surface area contributed by atoms with Gasteiger partial charge in [-0.2, -0.15) is 0 Å². The number of hydrogen-bond donors (Lipinski definition) is 0. The minimum Gasteiger partial charge on any atom is -0.381 e. The van der Waals surface area contributed by atoms with Crippen molar-refractivity contribution >= 4 is 0 Å². The first-order chi connectivity index (χ1) is 22.3. The summed E-state index contributed by atoms with van der Waals surface area (Å²) in [5, 5.41) is 0. The fraction of sp³-hybridized carbons (Fsp3) is 1.00. The highest BCUT2D eigenvalue weighted by molar-refractivity contribution is 4.89. The SMILES string of the molecule is CCCCCCCCCCCCCCOCC(COCCCCCCCCCCCCCC)(CN1CCCC1)CN1CCCC1. The van der Waals surface area contributed by atoms with Gasteiger partial charge in [-0.1, -0.05) is 155 Å². The Morgan fingerprint density at radius 3 is 0.933 bits per heavy atom. The lowest BCUT2D eigenvalue weighted by Crippen LogP contribution is -2.50. The first kappa shape index (κ1) is 41.0. The largest absolute Gasteiger partial charge is 0.381 e. The number of likely N-dealkylation sites (tertiary alicyclic amines) is 2. The third kappa shape index (κ3) is 22.9. The second-order valence-corrected chi connectivity index (χ2v) is 15.3. The number of ether oxygens (including phenoxy) is 2. The van der Waals surface area contributed by atoms with E-state index >= 15 is 0 Å². The van der Waals surface area contributed by atoms with Gasteiger partial charge in [0.15, 0.2) is 0 Å². The molecule has 2 heterocycles. The van der Waals surface area contributed by atoms with E-state index in [2.05, 4.69) is 23.6 Å². The van der Waals surface area contributed by atoms with Gasteiger partial charge in [-0.05, 0) is 64.7 Å². The highest BCUT2D eigenvalue weighted by Gasteiger charge is 2.36. The Kier molecular flexibility index (Phi) is 27.3. The molecule has 0 radical (unpaired) electrons. The first-order valence-corrected chi connectivity index (χ1v) is 20.9. The summed E-state index contributed by atoms with van der Waals surface area (Å²) in [5.41, 5.74) is 0.114. The zero-order chi connectivity index (χ0) is 31.9. The highest BCUT2D eigenvalue weighted by atomic mass is 16.5. The lowest BCUT2D eigenvalue weighted by molar-refractivity contribution is -0.0526. The smallest absolute Gasteiger partial charge is 0.0569 e. The summed E-state index contributed by atoms with van der Waals surface area (Å²) in [4.78, 5) is 5.44. The van der Waals surface area contributed by atoms with Crippen molar-refractivity contribution in [2.24, 2.45) is 5.41 Å². The van der Waals surface area contributed by atoms with Gasteiger partial charge in [0.2, 0.25) is 0 Å². The standard InChI is InChI=1S/C41H82N2O2/c1-3-5-7-9-11-13-15-17-19-21-23-29-35-44-39-41(37-42-31-25-26-32-42,38-43-33-27-28-34-43)40-45-36-30-24-22-20-18-16-14-12-10-8-6-4-2/h3-40H2,1-2H3. The van der Waals surface area contributed by atoms with Gasteiger partial charge >= 0.3 is 0 Å². The molecule has 0 N–H and O–H groups in total. The molecule has 2 saturated heterocycles. The van der Waals surface area contributed by atoms with Crippen LogP contribution in [0.15, 0.2) is 0 Å². The van der Waals surface area contributed by atoms with Crippen LogP contribution >= 0.6 is 0 Å². The lowest BCUT2D eigenvalue weighted by Gasteiger charge is -2.39. The van der Waals surface area contributed by atoms with E-state index in [0.29, 0.717) is 0 Å². The van der Waals surface area contributed by atoms with Crippen molar-refractivity contribution in [2.45, 2.75) is 194 Å². The third-order valence-corrected chi connectivity index (χ3v) is 10.6. The van der Waals surface area contributed by atoms with Crippen LogP contribution in [0, 0.1) is 5.41 Å². The molecule has 0 saturated carbocycles. The Balaban J connectivity index is 1.63. The number of unbranched alkanes of at least 4 members (excludes halogenated alkanes) is 22. The van der Waals surface area contributed by atoms with Crippen molar-refractivity contribution in [1.82, 2.24) is 9.80 Å². The molecule has 4 heteroatoms. The molecule has 0 bridgehead atoms. The van der Waals surface area contributed by atoms with Crippen LogP contribution in [0.4, 0.5) is 0 Å². The molecule has 0 unspecified atom stereocenters. The first-order valence-electron chi connectivity index (χ1n) is 20.9. The quantitative estimate of drug-likeness (QED) is 0.0658. The van der Waals surface area contributed by atoms with Crippen molar-refractivity contribution in [2.75, 3.05) is 65.7 Å². The molecular formula is C41H82N2O2. The predicted octanol–water partition coefficient (Wildman–Crippen LogP) is 11.6. The topological polar surface area (TPSA) is 24.9 Å². The monoisotopic (exact) mass is 635 g/mol. The Labute approximate surface area is 283 Å². The van der Waals surface area contributed by atoms with Gasteiger partial charge in [-0.25, -0.2) is 0 Å². The van der Waals surface area contributed by atoms with Crippen molar-refractivity contribution in [3.63, 3.8) is 0 Å². The van der Waals surface area contributed by atoms with Crippen LogP contribution in [-0.4, -0.2) is 75.5 Å². The molecular weight excluding hydrogens is 552 g/mol. The molecule has 268 valence electrons. The molecule has 2 aliphatic heterocycles. The van der Waals surface area contributed by atoms with Gasteiger partial charge in [0.1, 0.15) is 0 Å². The van der Waals surface area contributed by atoms with Crippen LogP contribution in [0.2, 0.25) is 0 Å². The van der Waals surface area contributed by atoms with E-state index in [-0.39, 0.29) is 5.41 Å². The van der Waals surface area contributed by atoms with E-state index in [1.807, 2.05) is 0 Å². The Morgan fingerprint density at radius 1 is 0.378 bits per heavy atom. The summed E-state index contributed by atoms with van der Waals surface area (Å²) in [7, 11) is 0. The highest BCUT2D eigenvalue weighted by Crippen LogP contribution is 2.27. The van der Waals surface area contributed by atoms with E-state index < -0.39 is 0 Å². The second-order valence-electron chi connectivity index (χ2n) is 15.3. The molecule has 0 aromatic rings. The average molecular weight is 635 g/mol. The van der Waals surface area contributed by atoms with Gasteiger partial charge in [-0.3, -0.25) is 0 Å². The van der Waals surface area contributed by atoms with E-state index in [4.69, 9.17) is 9.47 Å². The zero-order valence-corrected chi connectivity index (χ0v) is 31.1. The summed E-state index contributed by atoms with van der Waals surface area (Å²) in [5.74, 6) is 0. The predicted molar refractivity (Wildman–Crippen MR) is 198 cm³/mol. The lowest BCUT2D eigenvalue weighted by atomic mass is 9.88. The zero-order valence-electron chi connectivity index (χ0n) is 31.1. The van der Waals surface area contributed by atoms with Gasteiger partial charge in [0.25, 0.3) is 0 Å². The van der Waals surface area contributed by atoms with Crippen molar-refractivity contribution in [3.05, 3.63) is 0 Å². The molecule has 0 atom stereocenters. The minimum absolute atomic E-state index is 0.114. The molecule has 0 aliphatic carbocycles. The van der Waals surface area contributed by atoms with Crippen molar-refractivity contribution in [3.8, 4) is 0 Å². The number of hydrogen-bond acceptors (Lipinski definition) is 4.